The molecule has 0 aromatic heterocycles. The van der Waals surface area contributed by atoms with E-state index in [1.165, 1.54) is 24.3 Å². The van der Waals surface area contributed by atoms with Gasteiger partial charge in [0.2, 0.25) is 0 Å². The number of para-hydroxylation sites is 1. The van der Waals surface area contributed by atoms with Crippen LogP contribution in [0.4, 0.5) is 10.1 Å². The third-order valence-electron chi connectivity index (χ3n) is 4.09. The lowest BCUT2D eigenvalue weighted by atomic mass is 10.1. The zero-order chi connectivity index (χ0) is 21.5. The van der Waals surface area contributed by atoms with Crippen molar-refractivity contribution >= 4 is 40.9 Å². The summed E-state index contributed by atoms with van der Waals surface area (Å²) in [7, 11) is 0. The molecule has 0 saturated carbocycles. The Morgan fingerprint density at radius 1 is 1.10 bits per heavy atom. The minimum atomic E-state index is -0.694. The summed E-state index contributed by atoms with van der Waals surface area (Å²) >= 11 is 12.0. The van der Waals surface area contributed by atoms with E-state index in [-0.39, 0.29) is 17.9 Å². The largest absolute Gasteiger partial charge is 0.489 e. The predicted octanol–water partition coefficient (Wildman–Crippen LogP) is 6.26. The molecule has 4 nitrogen and oxygen atoms in total. The lowest BCUT2D eigenvalue weighted by Crippen LogP contribution is -2.14. The third-order valence-corrected chi connectivity index (χ3v) is 4.67. The molecule has 0 saturated heterocycles. The molecule has 150 valence electrons. The first-order chi connectivity index (χ1) is 14.5. The van der Waals surface area contributed by atoms with Gasteiger partial charge in [0.25, 0.3) is 5.91 Å². The second-order valence-electron chi connectivity index (χ2n) is 6.20. The van der Waals surface area contributed by atoms with Crippen molar-refractivity contribution in [1.29, 1.82) is 5.26 Å². The Balaban J connectivity index is 1.66. The number of carbonyl (C=O) groups is 1. The summed E-state index contributed by atoms with van der Waals surface area (Å²) in [5.41, 5.74) is 1.27. The molecule has 7 heteroatoms. The average Bonchev–Trinajstić information content (AvgIpc) is 2.74. The van der Waals surface area contributed by atoms with E-state index in [0.29, 0.717) is 21.4 Å². The van der Waals surface area contributed by atoms with Crippen molar-refractivity contribution in [3.8, 4) is 11.8 Å². The molecule has 0 fully saturated rings. The number of carbonyl (C=O) groups excluding carboxylic acids is 1. The van der Waals surface area contributed by atoms with Gasteiger partial charge in [-0.3, -0.25) is 4.79 Å². The van der Waals surface area contributed by atoms with Crippen LogP contribution in [0.3, 0.4) is 0 Å². The summed E-state index contributed by atoms with van der Waals surface area (Å²) in [6.07, 6.45) is 1.41. The van der Waals surface area contributed by atoms with Crippen LogP contribution in [0.2, 0.25) is 10.0 Å². The van der Waals surface area contributed by atoms with E-state index in [9.17, 15) is 14.4 Å². The fourth-order valence-electron chi connectivity index (χ4n) is 2.53. The SMILES string of the molecule is N#C/C(=C/c1ccc(OCc2ccc(Cl)cc2Cl)cc1)C(=O)Nc1ccccc1F. The Labute approximate surface area is 183 Å². The fraction of sp³-hybridized carbons (Fsp3) is 0.0435. The summed E-state index contributed by atoms with van der Waals surface area (Å²) in [6.45, 7) is 0.264. The molecule has 0 heterocycles. The molecule has 1 amide bonds. The van der Waals surface area contributed by atoms with E-state index in [1.807, 2.05) is 6.07 Å². The Kier molecular flexibility index (Phi) is 7.08. The van der Waals surface area contributed by atoms with Gasteiger partial charge in [0.15, 0.2) is 0 Å². The van der Waals surface area contributed by atoms with E-state index in [2.05, 4.69) is 5.32 Å². The maximum absolute atomic E-state index is 13.7. The van der Waals surface area contributed by atoms with E-state index >= 15 is 0 Å². The van der Waals surface area contributed by atoms with Crippen molar-refractivity contribution in [2.24, 2.45) is 0 Å². The summed E-state index contributed by atoms with van der Waals surface area (Å²) < 4.78 is 19.4. The Bertz CT molecular complexity index is 1140. The maximum atomic E-state index is 13.7. The molecule has 0 spiro atoms. The quantitative estimate of drug-likeness (QED) is 0.363. The predicted molar refractivity (Wildman–Crippen MR) is 116 cm³/mol. The smallest absolute Gasteiger partial charge is 0.266 e. The first kappa shape index (κ1) is 21.4. The molecule has 0 aliphatic heterocycles. The minimum Gasteiger partial charge on any atom is -0.489 e. The number of nitrogens with zero attached hydrogens (tertiary/aromatic N) is 1. The van der Waals surface area contributed by atoms with Crippen LogP contribution in [0.1, 0.15) is 11.1 Å². The first-order valence-electron chi connectivity index (χ1n) is 8.81. The van der Waals surface area contributed by atoms with Gasteiger partial charge in [0, 0.05) is 15.6 Å². The Hall–Kier alpha value is -3.33. The Morgan fingerprint density at radius 2 is 1.83 bits per heavy atom. The van der Waals surface area contributed by atoms with Crippen LogP contribution in [0.15, 0.2) is 72.3 Å². The second-order valence-corrected chi connectivity index (χ2v) is 7.04. The van der Waals surface area contributed by atoms with E-state index < -0.39 is 11.7 Å². The third kappa shape index (κ3) is 5.60. The van der Waals surface area contributed by atoms with E-state index in [1.54, 1.807) is 48.5 Å². The molecule has 0 aliphatic carbocycles. The van der Waals surface area contributed by atoms with Gasteiger partial charge in [-0.15, -0.1) is 0 Å². The summed E-state index contributed by atoms with van der Waals surface area (Å²) in [4.78, 5) is 12.3. The van der Waals surface area contributed by atoms with Crippen molar-refractivity contribution in [3.05, 3.63) is 99.3 Å². The number of ether oxygens (including phenoxy) is 1. The monoisotopic (exact) mass is 440 g/mol. The molecule has 0 atom stereocenters. The number of rotatable bonds is 6. The lowest BCUT2D eigenvalue weighted by Gasteiger charge is -2.08. The molecule has 3 aromatic carbocycles. The van der Waals surface area contributed by atoms with Gasteiger partial charge >= 0.3 is 0 Å². The second kappa shape index (κ2) is 9.93. The van der Waals surface area contributed by atoms with Crippen molar-refractivity contribution in [2.45, 2.75) is 6.61 Å². The number of amides is 1. The highest BCUT2D eigenvalue weighted by Gasteiger charge is 2.12. The summed E-state index contributed by atoms with van der Waals surface area (Å²) in [5.74, 6) is -0.682. The molecular formula is C23H15Cl2FN2O2. The molecular weight excluding hydrogens is 426 g/mol. The minimum absolute atomic E-state index is 0.00765. The number of hydrogen-bond acceptors (Lipinski definition) is 3. The number of nitriles is 1. The van der Waals surface area contributed by atoms with Crippen LogP contribution in [-0.2, 0) is 11.4 Å². The van der Waals surface area contributed by atoms with E-state index in [4.69, 9.17) is 27.9 Å². The Morgan fingerprint density at radius 3 is 2.50 bits per heavy atom. The maximum Gasteiger partial charge on any atom is 0.266 e. The standard InChI is InChI=1S/C23H15Cl2FN2O2/c24-18-8-7-16(20(25)12-18)14-30-19-9-5-15(6-10-19)11-17(13-27)23(29)28-22-4-2-1-3-21(22)26/h1-12H,14H2,(H,28,29)/b17-11-. The van der Waals surface area contributed by atoms with Gasteiger partial charge in [-0.25, -0.2) is 4.39 Å². The average molecular weight is 441 g/mol. The summed E-state index contributed by atoms with van der Waals surface area (Å²) in [5, 5.41) is 12.7. The normalized spacial score (nSPS) is 10.9. The van der Waals surface area contributed by atoms with Crippen LogP contribution in [0.25, 0.3) is 6.08 Å². The summed E-state index contributed by atoms with van der Waals surface area (Å²) in [6, 6.07) is 19.6. The van der Waals surface area contributed by atoms with Crippen molar-refractivity contribution in [2.75, 3.05) is 5.32 Å². The zero-order valence-electron chi connectivity index (χ0n) is 15.5. The van der Waals surface area contributed by atoms with Gasteiger partial charge in [0.1, 0.15) is 29.8 Å². The van der Waals surface area contributed by atoms with Crippen LogP contribution < -0.4 is 10.1 Å². The van der Waals surface area contributed by atoms with Gasteiger partial charge < -0.3 is 10.1 Å². The molecule has 3 aromatic rings. The molecule has 0 aliphatic rings. The molecule has 1 N–H and O–H groups in total. The van der Waals surface area contributed by atoms with Crippen molar-refractivity contribution in [3.63, 3.8) is 0 Å². The number of halogens is 3. The van der Waals surface area contributed by atoms with Gasteiger partial charge in [-0.2, -0.15) is 5.26 Å². The van der Waals surface area contributed by atoms with Gasteiger partial charge in [-0.05, 0) is 48.0 Å². The van der Waals surface area contributed by atoms with Crippen LogP contribution in [0.5, 0.6) is 5.75 Å². The van der Waals surface area contributed by atoms with Crippen LogP contribution in [0, 0.1) is 17.1 Å². The van der Waals surface area contributed by atoms with Gasteiger partial charge in [-0.1, -0.05) is 53.5 Å². The number of benzene rings is 3. The molecule has 0 bridgehead atoms. The van der Waals surface area contributed by atoms with E-state index in [0.717, 1.165) is 5.56 Å². The van der Waals surface area contributed by atoms with Gasteiger partial charge in [0.05, 0.1) is 5.69 Å². The number of hydrogen-bond donors (Lipinski definition) is 1. The number of nitrogens with one attached hydrogen (secondary N) is 1. The lowest BCUT2D eigenvalue weighted by molar-refractivity contribution is -0.112. The number of anilines is 1. The van der Waals surface area contributed by atoms with Crippen molar-refractivity contribution in [1.82, 2.24) is 0 Å². The van der Waals surface area contributed by atoms with Crippen molar-refractivity contribution < 1.29 is 13.9 Å². The molecule has 30 heavy (non-hydrogen) atoms. The molecule has 0 radical (unpaired) electrons. The molecule has 0 unspecified atom stereocenters. The van der Waals surface area contributed by atoms with Crippen LogP contribution >= 0.6 is 23.2 Å². The highest BCUT2D eigenvalue weighted by Crippen LogP contribution is 2.23. The highest BCUT2D eigenvalue weighted by atomic mass is 35.5. The fourth-order valence-corrected chi connectivity index (χ4v) is 2.99. The highest BCUT2D eigenvalue weighted by molar-refractivity contribution is 6.35. The molecule has 3 rings (SSSR count). The van der Waals surface area contributed by atoms with Crippen LogP contribution in [-0.4, -0.2) is 5.91 Å². The topological polar surface area (TPSA) is 62.1 Å². The first-order valence-corrected chi connectivity index (χ1v) is 9.56. The zero-order valence-corrected chi connectivity index (χ0v) is 17.0.